The van der Waals surface area contributed by atoms with Crippen molar-refractivity contribution in [2.24, 2.45) is 40.4 Å². The molecule has 0 spiro atoms. The molecule has 4 aliphatic carbocycles. The lowest BCUT2D eigenvalue weighted by molar-refractivity contribution is -0.107. The molecule has 4 rings (SSSR count). The summed E-state index contributed by atoms with van der Waals surface area (Å²) in [5.74, 6) is 7.74. The zero-order chi connectivity index (χ0) is 14.7. The van der Waals surface area contributed by atoms with Gasteiger partial charge < -0.3 is 0 Å². The van der Waals surface area contributed by atoms with Gasteiger partial charge in [-0.25, -0.2) is 0 Å². The Balaban J connectivity index is 1.64. The van der Waals surface area contributed by atoms with E-state index in [9.17, 15) is 0 Å². The van der Waals surface area contributed by atoms with Crippen molar-refractivity contribution in [1.29, 1.82) is 0 Å². The highest BCUT2D eigenvalue weighted by Crippen LogP contribution is 2.67. The molecular formula is C21H32. The summed E-state index contributed by atoms with van der Waals surface area (Å²) in [6, 6.07) is 0. The molecule has 0 heterocycles. The quantitative estimate of drug-likeness (QED) is 0.503. The molecule has 0 nitrogen and oxygen atoms in total. The molecule has 0 heteroatoms. The van der Waals surface area contributed by atoms with E-state index in [1.165, 1.54) is 64.2 Å². The van der Waals surface area contributed by atoms with Crippen LogP contribution in [-0.2, 0) is 0 Å². The van der Waals surface area contributed by atoms with Gasteiger partial charge in [-0.1, -0.05) is 26.7 Å². The number of fused-ring (bicyclic) bond motifs is 5. The van der Waals surface area contributed by atoms with Crippen molar-refractivity contribution in [2.45, 2.75) is 78.1 Å². The fourth-order valence-electron chi connectivity index (χ4n) is 7.57. The van der Waals surface area contributed by atoms with Crippen molar-refractivity contribution in [3.05, 3.63) is 0 Å². The molecule has 0 saturated heterocycles. The van der Waals surface area contributed by atoms with Gasteiger partial charge in [-0.05, 0) is 85.9 Å². The van der Waals surface area contributed by atoms with Gasteiger partial charge in [-0.2, -0.15) is 0 Å². The van der Waals surface area contributed by atoms with Crippen LogP contribution in [0.1, 0.15) is 78.1 Å². The maximum Gasteiger partial charge on any atom is 0.0256 e. The van der Waals surface area contributed by atoms with Crippen LogP contribution in [0.15, 0.2) is 0 Å². The van der Waals surface area contributed by atoms with Crippen LogP contribution in [0.5, 0.6) is 0 Å². The molecule has 4 saturated carbocycles. The Labute approximate surface area is 131 Å². The Kier molecular flexibility index (Phi) is 3.22. The van der Waals surface area contributed by atoms with Crippen LogP contribution in [0.3, 0.4) is 0 Å². The average molecular weight is 284 g/mol. The summed E-state index contributed by atoms with van der Waals surface area (Å²) in [4.78, 5) is 0. The zero-order valence-electron chi connectivity index (χ0n) is 14.0. The van der Waals surface area contributed by atoms with Gasteiger partial charge in [0.25, 0.3) is 0 Å². The summed E-state index contributed by atoms with van der Waals surface area (Å²) in [5, 5.41) is 0. The third-order valence-corrected chi connectivity index (χ3v) is 8.78. The smallest absolute Gasteiger partial charge is 0.0256 e. The van der Waals surface area contributed by atoms with Gasteiger partial charge in [-0.15, -0.1) is 12.3 Å². The summed E-state index contributed by atoms with van der Waals surface area (Å²) < 4.78 is 0. The fraction of sp³-hybridized carbons (Fsp3) is 0.905. The lowest BCUT2D eigenvalue weighted by Gasteiger charge is -2.60. The van der Waals surface area contributed by atoms with E-state index in [1.807, 2.05) is 0 Å². The number of hydrogen-bond donors (Lipinski definition) is 0. The number of hydrogen-bond acceptors (Lipinski definition) is 0. The van der Waals surface area contributed by atoms with E-state index < -0.39 is 0 Å². The first-order valence-corrected chi connectivity index (χ1v) is 9.56. The lowest BCUT2D eigenvalue weighted by atomic mass is 9.45. The van der Waals surface area contributed by atoms with Crippen LogP contribution in [0.4, 0.5) is 0 Å². The highest BCUT2D eigenvalue weighted by atomic mass is 14.6. The second kappa shape index (κ2) is 4.78. The monoisotopic (exact) mass is 284 g/mol. The van der Waals surface area contributed by atoms with E-state index in [-0.39, 0.29) is 0 Å². The van der Waals surface area contributed by atoms with Crippen molar-refractivity contribution >= 4 is 0 Å². The Morgan fingerprint density at radius 2 is 1.62 bits per heavy atom. The van der Waals surface area contributed by atoms with Gasteiger partial charge in [0.2, 0.25) is 0 Å². The van der Waals surface area contributed by atoms with Gasteiger partial charge in [0.15, 0.2) is 0 Å². The van der Waals surface area contributed by atoms with E-state index >= 15 is 0 Å². The Bertz CT molecular complexity index is 457. The molecule has 7 atom stereocenters. The SMILES string of the molecule is C#CC1CC[C@H]2[C@@H]3CCC4CCCC[C@]4(C)[C@@H]3CC[C@]12C. The first-order chi connectivity index (χ1) is 10.1. The Hall–Kier alpha value is -0.440. The molecule has 21 heavy (non-hydrogen) atoms. The lowest BCUT2D eigenvalue weighted by Crippen LogP contribution is -2.52. The second-order valence-corrected chi connectivity index (χ2v) is 9.24. The van der Waals surface area contributed by atoms with Crippen molar-refractivity contribution in [3.63, 3.8) is 0 Å². The maximum atomic E-state index is 5.88. The van der Waals surface area contributed by atoms with Gasteiger partial charge in [0.1, 0.15) is 0 Å². The number of rotatable bonds is 0. The molecule has 0 aliphatic heterocycles. The normalized spacial score (nSPS) is 56.0. The minimum Gasteiger partial charge on any atom is -0.120 e. The molecule has 4 aliphatic rings. The summed E-state index contributed by atoms with van der Waals surface area (Å²) in [6.07, 6.45) is 20.6. The molecule has 4 fully saturated rings. The third kappa shape index (κ3) is 1.82. The standard InChI is InChI=1S/C21H32/c1-4-15-9-11-18-17-10-8-16-7-5-6-13-20(16,2)19(17)12-14-21(15,18)3/h1,15-19H,5-14H2,2-3H3/t15?,16?,17-,18-,19+,20-,21+/m0/s1. The van der Waals surface area contributed by atoms with Crippen molar-refractivity contribution < 1.29 is 0 Å². The summed E-state index contributed by atoms with van der Waals surface area (Å²) in [5.41, 5.74) is 1.16. The van der Waals surface area contributed by atoms with Gasteiger partial charge >= 0.3 is 0 Å². The third-order valence-electron chi connectivity index (χ3n) is 8.78. The molecule has 116 valence electrons. The van der Waals surface area contributed by atoms with E-state index in [0.717, 1.165) is 23.7 Å². The molecular weight excluding hydrogens is 252 g/mol. The molecule has 0 aromatic heterocycles. The first-order valence-electron chi connectivity index (χ1n) is 9.56. The van der Waals surface area contributed by atoms with E-state index in [2.05, 4.69) is 19.8 Å². The Morgan fingerprint density at radius 3 is 2.43 bits per heavy atom. The second-order valence-electron chi connectivity index (χ2n) is 9.24. The first kappa shape index (κ1) is 14.2. The van der Waals surface area contributed by atoms with Crippen LogP contribution >= 0.6 is 0 Å². The summed E-state index contributed by atoms with van der Waals surface area (Å²) in [7, 11) is 0. The minimum absolute atomic E-state index is 0.480. The zero-order valence-corrected chi connectivity index (χ0v) is 14.0. The molecule has 0 N–H and O–H groups in total. The van der Waals surface area contributed by atoms with Crippen LogP contribution in [0, 0.1) is 52.8 Å². The summed E-state index contributed by atoms with van der Waals surface area (Å²) >= 11 is 0. The van der Waals surface area contributed by atoms with Gasteiger partial charge in [0, 0.05) is 5.92 Å². The van der Waals surface area contributed by atoms with E-state index in [1.54, 1.807) is 0 Å². The highest BCUT2D eigenvalue weighted by molar-refractivity contribution is 5.14. The van der Waals surface area contributed by atoms with Crippen LogP contribution in [-0.4, -0.2) is 0 Å². The summed E-state index contributed by atoms with van der Waals surface area (Å²) in [6.45, 7) is 5.21. The van der Waals surface area contributed by atoms with Gasteiger partial charge in [0.05, 0.1) is 0 Å². The average Bonchev–Trinajstić information content (AvgIpc) is 2.83. The van der Waals surface area contributed by atoms with Crippen LogP contribution in [0.2, 0.25) is 0 Å². The van der Waals surface area contributed by atoms with Crippen LogP contribution in [0.25, 0.3) is 0 Å². The fourth-order valence-corrected chi connectivity index (χ4v) is 7.57. The molecule has 2 unspecified atom stereocenters. The van der Waals surface area contributed by atoms with Crippen molar-refractivity contribution in [1.82, 2.24) is 0 Å². The van der Waals surface area contributed by atoms with E-state index in [0.29, 0.717) is 16.7 Å². The van der Waals surface area contributed by atoms with Crippen LogP contribution < -0.4 is 0 Å². The minimum atomic E-state index is 0.480. The molecule has 0 aromatic rings. The van der Waals surface area contributed by atoms with Gasteiger partial charge in [-0.3, -0.25) is 0 Å². The predicted molar refractivity (Wildman–Crippen MR) is 88.7 cm³/mol. The molecule has 0 bridgehead atoms. The van der Waals surface area contributed by atoms with Crippen molar-refractivity contribution in [2.75, 3.05) is 0 Å². The molecule has 0 amide bonds. The Morgan fingerprint density at radius 1 is 0.810 bits per heavy atom. The van der Waals surface area contributed by atoms with Crippen molar-refractivity contribution in [3.8, 4) is 12.3 Å². The highest BCUT2D eigenvalue weighted by Gasteiger charge is 2.59. The topological polar surface area (TPSA) is 0 Å². The molecule has 0 radical (unpaired) electrons. The molecule has 0 aromatic carbocycles. The van der Waals surface area contributed by atoms with E-state index in [4.69, 9.17) is 6.42 Å². The maximum absolute atomic E-state index is 5.88. The largest absolute Gasteiger partial charge is 0.120 e. The number of terminal acetylenes is 1. The predicted octanol–water partition coefficient (Wildman–Crippen LogP) is 5.67.